The summed E-state index contributed by atoms with van der Waals surface area (Å²) >= 11 is 0. The number of benzene rings is 1. The van der Waals surface area contributed by atoms with Crippen molar-refractivity contribution in [2.45, 2.75) is 45.7 Å². The van der Waals surface area contributed by atoms with Crippen LogP contribution in [0.2, 0.25) is 0 Å². The van der Waals surface area contributed by atoms with Gasteiger partial charge in [0, 0.05) is 47.3 Å². The van der Waals surface area contributed by atoms with Crippen LogP contribution in [-0.4, -0.2) is 48.0 Å². The first-order chi connectivity index (χ1) is 16.2. The summed E-state index contributed by atoms with van der Waals surface area (Å²) in [5.41, 5.74) is 2.41. The van der Waals surface area contributed by atoms with Crippen molar-refractivity contribution in [2.24, 2.45) is 5.92 Å². The molecule has 1 aliphatic rings. The molecular weight excluding hydrogens is 442 g/mol. The molecule has 3 aromatic rings. The lowest BCUT2D eigenvalue weighted by atomic mass is 9.87. The van der Waals surface area contributed by atoms with Gasteiger partial charge in [0.05, 0.1) is 24.8 Å². The Balaban J connectivity index is 1.70. The number of aryl methyl sites for hydroxylation is 1. The van der Waals surface area contributed by atoms with Crippen molar-refractivity contribution in [2.75, 3.05) is 20.2 Å². The van der Waals surface area contributed by atoms with E-state index in [0.717, 1.165) is 5.52 Å². The molecule has 0 aliphatic carbocycles. The second kappa shape index (κ2) is 9.58. The van der Waals surface area contributed by atoms with Crippen LogP contribution < -0.4 is 20.9 Å². The SMILES string of the molecule is COc1cc(C)[nH]c(=O)c1CNC(=O)c1c(C)n([C@H](C)C2C(F)CNCC2F)c2ccccc12. The number of H-pyrrole nitrogens is 1. The van der Waals surface area contributed by atoms with Gasteiger partial charge in [0.15, 0.2) is 0 Å². The van der Waals surface area contributed by atoms with Gasteiger partial charge in [-0.1, -0.05) is 18.2 Å². The highest BCUT2D eigenvalue weighted by Gasteiger charge is 2.39. The van der Waals surface area contributed by atoms with Crippen molar-refractivity contribution in [1.29, 1.82) is 0 Å². The second-order valence-electron chi connectivity index (χ2n) is 8.87. The van der Waals surface area contributed by atoms with E-state index < -0.39 is 24.3 Å². The maximum absolute atomic E-state index is 14.7. The standard InChI is InChI=1S/C25H30F2N4O3/c1-13-9-21(34-4)17(24(32)30-13)10-29-25(33)22-14(2)31(20-8-6-5-7-16(20)22)15(3)23-18(26)11-28-12-19(23)27/h5-9,15,18-19,23,28H,10-12H2,1-4H3,(H,29,33)(H,30,32)/t15-,18?,19?,23?/m1/s1. The van der Waals surface area contributed by atoms with Gasteiger partial charge < -0.3 is 24.9 Å². The first kappa shape index (κ1) is 23.9. The van der Waals surface area contributed by atoms with Crippen LogP contribution in [0.1, 0.15) is 40.3 Å². The number of aromatic amines is 1. The third kappa shape index (κ3) is 4.20. The molecule has 1 aliphatic heterocycles. The molecule has 0 spiro atoms. The molecule has 4 rings (SSSR count). The van der Waals surface area contributed by atoms with E-state index in [-0.39, 0.29) is 31.1 Å². The topological polar surface area (TPSA) is 88.2 Å². The molecule has 3 N–H and O–H groups in total. The van der Waals surface area contributed by atoms with E-state index >= 15 is 0 Å². The third-order valence-corrected chi connectivity index (χ3v) is 6.74. The van der Waals surface area contributed by atoms with E-state index in [4.69, 9.17) is 4.74 Å². The van der Waals surface area contributed by atoms with E-state index in [2.05, 4.69) is 15.6 Å². The van der Waals surface area contributed by atoms with E-state index in [9.17, 15) is 18.4 Å². The van der Waals surface area contributed by atoms with Crippen molar-refractivity contribution in [1.82, 2.24) is 20.2 Å². The molecule has 0 radical (unpaired) electrons. The molecular formula is C25H30F2N4O3. The number of aromatic nitrogens is 2. The molecule has 1 saturated heterocycles. The van der Waals surface area contributed by atoms with Crippen molar-refractivity contribution < 1.29 is 18.3 Å². The zero-order chi connectivity index (χ0) is 24.6. The lowest BCUT2D eigenvalue weighted by molar-refractivity contribution is 0.0567. The van der Waals surface area contributed by atoms with Gasteiger partial charge in [-0.25, -0.2) is 8.78 Å². The smallest absolute Gasteiger partial charge is 0.256 e. The fraction of sp³-hybridized carbons (Fsp3) is 0.440. The highest BCUT2D eigenvalue weighted by Crippen LogP contribution is 2.36. The summed E-state index contributed by atoms with van der Waals surface area (Å²) in [6.45, 7) is 5.51. The fourth-order valence-electron chi connectivity index (χ4n) is 5.13. The van der Waals surface area contributed by atoms with Gasteiger partial charge in [0.2, 0.25) is 0 Å². The molecule has 2 aromatic heterocycles. The van der Waals surface area contributed by atoms with Crippen molar-refractivity contribution in [3.8, 4) is 5.75 Å². The van der Waals surface area contributed by atoms with Gasteiger partial charge in [-0.2, -0.15) is 0 Å². The maximum atomic E-state index is 14.7. The predicted molar refractivity (Wildman–Crippen MR) is 127 cm³/mol. The van der Waals surface area contributed by atoms with Crippen molar-refractivity contribution in [3.05, 3.63) is 63.2 Å². The lowest BCUT2D eigenvalue weighted by Crippen LogP contribution is -2.49. The average Bonchev–Trinajstić information content (AvgIpc) is 3.09. The number of methoxy groups -OCH3 is 1. The number of fused-ring (bicyclic) bond motifs is 1. The Morgan fingerprint density at radius 1 is 1.24 bits per heavy atom. The summed E-state index contributed by atoms with van der Waals surface area (Å²) in [6.07, 6.45) is -2.67. The van der Waals surface area contributed by atoms with Crippen LogP contribution in [0.3, 0.4) is 0 Å². The zero-order valence-corrected chi connectivity index (χ0v) is 19.7. The number of para-hydroxylation sites is 1. The first-order valence-electron chi connectivity index (χ1n) is 11.4. The normalized spacial score (nSPS) is 21.4. The van der Waals surface area contributed by atoms with Crippen LogP contribution >= 0.6 is 0 Å². The number of ether oxygens (including phenoxy) is 1. The monoisotopic (exact) mass is 472 g/mol. The minimum Gasteiger partial charge on any atom is -0.496 e. The number of halogens is 2. The Kier molecular flexibility index (Phi) is 6.74. The number of carbonyl (C=O) groups excluding carboxylic acids is 1. The maximum Gasteiger partial charge on any atom is 0.256 e. The highest BCUT2D eigenvalue weighted by atomic mass is 19.1. The lowest BCUT2D eigenvalue weighted by Gasteiger charge is -2.36. The summed E-state index contributed by atoms with van der Waals surface area (Å²) in [7, 11) is 1.47. The Bertz CT molecular complexity index is 1260. The largest absolute Gasteiger partial charge is 0.496 e. The van der Waals surface area contributed by atoms with Crippen LogP contribution in [0.4, 0.5) is 8.78 Å². The number of rotatable bonds is 6. The molecule has 1 fully saturated rings. The quantitative estimate of drug-likeness (QED) is 0.514. The third-order valence-electron chi connectivity index (χ3n) is 6.74. The van der Waals surface area contributed by atoms with Crippen LogP contribution in [0.15, 0.2) is 35.1 Å². The van der Waals surface area contributed by atoms with Crippen molar-refractivity contribution in [3.63, 3.8) is 0 Å². The molecule has 2 unspecified atom stereocenters. The van der Waals surface area contributed by atoms with Gasteiger partial charge in [-0.3, -0.25) is 9.59 Å². The summed E-state index contributed by atoms with van der Waals surface area (Å²) in [6, 6.07) is 8.53. The average molecular weight is 473 g/mol. The van der Waals surface area contributed by atoms with E-state index in [1.165, 1.54) is 7.11 Å². The molecule has 1 aromatic carbocycles. The molecule has 34 heavy (non-hydrogen) atoms. The Hall–Kier alpha value is -3.20. The molecule has 3 atom stereocenters. The van der Waals surface area contributed by atoms with Gasteiger partial charge in [0.25, 0.3) is 11.5 Å². The molecule has 0 bridgehead atoms. The van der Waals surface area contributed by atoms with E-state index in [1.54, 1.807) is 26.8 Å². The summed E-state index contributed by atoms with van der Waals surface area (Å²) in [4.78, 5) is 28.5. The highest BCUT2D eigenvalue weighted by molar-refractivity contribution is 6.08. The first-order valence-corrected chi connectivity index (χ1v) is 11.4. The Labute approximate surface area is 196 Å². The number of piperidine rings is 1. The molecule has 0 saturated carbocycles. The summed E-state index contributed by atoms with van der Waals surface area (Å²) in [5, 5.41) is 6.29. The summed E-state index contributed by atoms with van der Waals surface area (Å²) < 4.78 is 36.6. The minimum atomic E-state index is -1.34. The predicted octanol–water partition coefficient (Wildman–Crippen LogP) is 3.34. The van der Waals surface area contributed by atoms with Crippen LogP contribution in [-0.2, 0) is 6.54 Å². The second-order valence-corrected chi connectivity index (χ2v) is 8.87. The number of hydrogen-bond acceptors (Lipinski definition) is 4. The number of amides is 1. The number of alkyl halides is 2. The van der Waals surface area contributed by atoms with E-state index in [0.29, 0.717) is 33.7 Å². The fourth-order valence-corrected chi connectivity index (χ4v) is 5.13. The van der Waals surface area contributed by atoms with Crippen LogP contribution in [0, 0.1) is 19.8 Å². The number of nitrogens with one attached hydrogen (secondary N) is 3. The minimum absolute atomic E-state index is 0.0283. The van der Waals surface area contributed by atoms with Gasteiger partial charge in [-0.05, 0) is 32.9 Å². The molecule has 1 amide bonds. The zero-order valence-electron chi connectivity index (χ0n) is 19.7. The number of pyridine rings is 1. The Morgan fingerprint density at radius 3 is 2.59 bits per heavy atom. The van der Waals surface area contributed by atoms with Crippen molar-refractivity contribution >= 4 is 16.8 Å². The Morgan fingerprint density at radius 2 is 1.91 bits per heavy atom. The van der Waals surface area contributed by atoms with Gasteiger partial charge in [0.1, 0.15) is 18.1 Å². The number of hydrogen-bond donors (Lipinski definition) is 3. The number of carbonyl (C=O) groups is 1. The molecule has 3 heterocycles. The molecule has 9 heteroatoms. The molecule has 7 nitrogen and oxygen atoms in total. The number of nitrogens with zero attached hydrogens (tertiary/aromatic N) is 1. The molecule has 182 valence electrons. The summed E-state index contributed by atoms with van der Waals surface area (Å²) in [5.74, 6) is -0.814. The van der Waals surface area contributed by atoms with Gasteiger partial charge in [-0.15, -0.1) is 0 Å². The van der Waals surface area contributed by atoms with Crippen LogP contribution in [0.5, 0.6) is 5.75 Å². The van der Waals surface area contributed by atoms with E-state index in [1.807, 2.05) is 28.8 Å². The van der Waals surface area contributed by atoms with Gasteiger partial charge >= 0.3 is 0 Å². The van der Waals surface area contributed by atoms with Crippen LogP contribution in [0.25, 0.3) is 10.9 Å².